The molecule has 30 heavy (non-hydrogen) atoms. The summed E-state index contributed by atoms with van der Waals surface area (Å²) in [5, 5.41) is 14.4. The van der Waals surface area contributed by atoms with Crippen molar-refractivity contribution in [3.8, 4) is 17.2 Å². The van der Waals surface area contributed by atoms with Gasteiger partial charge in [-0.05, 0) is 43.2 Å². The fourth-order valence-corrected chi connectivity index (χ4v) is 3.38. The van der Waals surface area contributed by atoms with Gasteiger partial charge in [0.25, 0.3) is 0 Å². The number of hydrogen-bond donors (Lipinski definition) is 1. The Labute approximate surface area is 173 Å². The molecule has 1 fully saturated rings. The maximum Gasteiger partial charge on any atom is 0.339 e. The summed E-state index contributed by atoms with van der Waals surface area (Å²) in [6, 6.07) is 10.3. The Morgan fingerprint density at radius 2 is 1.90 bits per heavy atom. The summed E-state index contributed by atoms with van der Waals surface area (Å²) in [4.78, 5) is 11.6. The highest BCUT2D eigenvalue weighted by Crippen LogP contribution is 2.31. The summed E-state index contributed by atoms with van der Waals surface area (Å²) < 4.78 is 24.3. The molecule has 0 unspecified atom stereocenters. The molecule has 0 spiro atoms. The third kappa shape index (κ3) is 4.72. The number of carboxylic acid groups (broad SMARTS) is 1. The van der Waals surface area contributed by atoms with E-state index >= 15 is 0 Å². The van der Waals surface area contributed by atoms with E-state index in [1.807, 2.05) is 0 Å². The van der Waals surface area contributed by atoms with Crippen LogP contribution in [0.15, 0.2) is 42.6 Å². The van der Waals surface area contributed by atoms with Gasteiger partial charge < -0.3 is 24.1 Å². The van der Waals surface area contributed by atoms with E-state index in [0.717, 1.165) is 37.0 Å². The van der Waals surface area contributed by atoms with Crippen LogP contribution in [-0.4, -0.2) is 53.4 Å². The molecule has 1 aliphatic heterocycles. The van der Waals surface area contributed by atoms with Crippen LogP contribution in [0.3, 0.4) is 0 Å². The first-order valence-corrected chi connectivity index (χ1v) is 9.89. The molecule has 8 heteroatoms. The van der Waals surface area contributed by atoms with Crippen molar-refractivity contribution in [3.05, 3.63) is 48.2 Å². The summed E-state index contributed by atoms with van der Waals surface area (Å²) in [5.41, 5.74) is 0.876. The van der Waals surface area contributed by atoms with E-state index in [-0.39, 0.29) is 17.4 Å². The predicted octanol–water partition coefficient (Wildman–Crippen LogP) is 3.64. The summed E-state index contributed by atoms with van der Waals surface area (Å²) in [6.07, 6.45) is 3.73. The van der Waals surface area contributed by atoms with Gasteiger partial charge in [-0.25, -0.2) is 4.79 Å². The maximum absolute atomic E-state index is 11.6. The fourth-order valence-electron chi connectivity index (χ4n) is 3.38. The molecular weight excluding hydrogens is 388 g/mol. The minimum Gasteiger partial charge on any atom is -0.491 e. The lowest BCUT2D eigenvalue weighted by atomic mass is 10.1. The van der Waals surface area contributed by atoms with Crippen molar-refractivity contribution in [1.82, 2.24) is 9.78 Å². The van der Waals surface area contributed by atoms with Crippen LogP contribution in [0.25, 0.3) is 10.9 Å². The summed E-state index contributed by atoms with van der Waals surface area (Å²) in [6.45, 7) is 2.49. The number of rotatable bonds is 8. The molecule has 0 bridgehead atoms. The van der Waals surface area contributed by atoms with Gasteiger partial charge in [0.05, 0.1) is 24.4 Å². The number of hydrogen-bond acceptors (Lipinski definition) is 6. The molecular formula is C22H24N2O6. The first-order chi connectivity index (χ1) is 14.6. The van der Waals surface area contributed by atoms with Crippen LogP contribution in [0, 0.1) is 0 Å². The molecule has 3 aromatic rings. The third-order valence-electron chi connectivity index (χ3n) is 5.00. The minimum atomic E-state index is -1.06. The summed E-state index contributed by atoms with van der Waals surface area (Å²) in [7, 11) is 1.80. The van der Waals surface area contributed by atoms with Crippen molar-refractivity contribution >= 4 is 16.9 Å². The van der Waals surface area contributed by atoms with Gasteiger partial charge in [0.1, 0.15) is 29.4 Å². The Bertz CT molecular complexity index is 1010. The van der Waals surface area contributed by atoms with Crippen molar-refractivity contribution < 1.29 is 28.8 Å². The number of fused-ring (bicyclic) bond motifs is 1. The second-order valence-electron chi connectivity index (χ2n) is 7.08. The van der Waals surface area contributed by atoms with Crippen molar-refractivity contribution in [1.29, 1.82) is 0 Å². The van der Waals surface area contributed by atoms with Gasteiger partial charge in [0.15, 0.2) is 0 Å². The molecule has 0 atom stereocenters. The predicted molar refractivity (Wildman–Crippen MR) is 109 cm³/mol. The molecule has 1 aromatic heterocycles. The lowest BCUT2D eigenvalue weighted by Gasteiger charge is -2.22. The Morgan fingerprint density at radius 1 is 1.17 bits per heavy atom. The van der Waals surface area contributed by atoms with Gasteiger partial charge in [0, 0.05) is 31.7 Å². The van der Waals surface area contributed by atoms with Crippen molar-refractivity contribution in [2.45, 2.75) is 18.9 Å². The molecule has 2 heterocycles. The molecule has 1 N–H and O–H groups in total. The highest BCUT2D eigenvalue weighted by atomic mass is 16.5. The Hall–Kier alpha value is -3.10. The number of carbonyl (C=O) groups is 1. The molecule has 1 saturated heterocycles. The smallest absolute Gasteiger partial charge is 0.339 e. The number of ether oxygens (including phenoxy) is 4. The summed E-state index contributed by atoms with van der Waals surface area (Å²) >= 11 is 0. The lowest BCUT2D eigenvalue weighted by molar-refractivity contribution is -0.0388. The largest absolute Gasteiger partial charge is 0.491 e. The van der Waals surface area contributed by atoms with Crippen LogP contribution in [0.4, 0.5) is 0 Å². The van der Waals surface area contributed by atoms with Gasteiger partial charge in [-0.3, -0.25) is 4.68 Å². The van der Waals surface area contributed by atoms with E-state index in [9.17, 15) is 9.90 Å². The average molecular weight is 412 g/mol. The SMILES string of the molecule is Cn1ncc2cc(C(=O)O)c(Oc3ccc(OCCOC4CCOCC4)cc3)cc21. The third-order valence-corrected chi connectivity index (χ3v) is 5.00. The zero-order chi connectivity index (χ0) is 20.9. The molecule has 0 saturated carbocycles. The van der Waals surface area contributed by atoms with Crippen LogP contribution in [0.1, 0.15) is 23.2 Å². The minimum absolute atomic E-state index is 0.0843. The first-order valence-electron chi connectivity index (χ1n) is 9.89. The van der Waals surface area contributed by atoms with Gasteiger partial charge in [-0.1, -0.05) is 0 Å². The van der Waals surface area contributed by atoms with Crippen molar-refractivity contribution in [2.24, 2.45) is 7.05 Å². The van der Waals surface area contributed by atoms with Crippen LogP contribution >= 0.6 is 0 Å². The first kappa shape index (κ1) is 20.2. The maximum atomic E-state index is 11.6. The number of carboxylic acids is 1. The zero-order valence-corrected chi connectivity index (χ0v) is 16.7. The van der Waals surface area contributed by atoms with E-state index in [1.54, 1.807) is 54.3 Å². The fraction of sp³-hybridized carbons (Fsp3) is 0.364. The topological polar surface area (TPSA) is 92.0 Å². The monoisotopic (exact) mass is 412 g/mol. The Balaban J connectivity index is 1.36. The standard InChI is InChI=1S/C22H24N2O6/c1-24-20-13-21(19(22(25)26)12-15(20)14-23-24)30-18-4-2-16(3-5-18)28-10-11-29-17-6-8-27-9-7-17/h2-5,12-14,17H,6-11H2,1H3,(H,25,26). The second-order valence-corrected chi connectivity index (χ2v) is 7.08. The zero-order valence-electron chi connectivity index (χ0n) is 16.7. The molecule has 158 valence electrons. The van der Waals surface area contributed by atoms with E-state index < -0.39 is 5.97 Å². The molecule has 0 radical (unpaired) electrons. The number of nitrogens with zero attached hydrogens (tertiary/aromatic N) is 2. The lowest BCUT2D eigenvalue weighted by Crippen LogP contribution is -2.25. The molecule has 1 aliphatic rings. The van der Waals surface area contributed by atoms with Gasteiger partial charge in [0.2, 0.25) is 0 Å². The van der Waals surface area contributed by atoms with Gasteiger partial charge >= 0.3 is 5.97 Å². The molecule has 2 aromatic carbocycles. The van der Waals surface area contributed by atoms with E-state index in [2.05, 4.69) is 5.10 Å². The Morgan fingerprint density at radius 3 is 2.63 bits per heavy atom. The highest BCUT2D eigenvalue weighted by molar-refractivity contribution is 5.96. The Kier molecular flexibility index (Phi) is 6.15. The number of aromatic nitrogens is 2. The van der Waals surface area contributed by atoms with Crippen molar-refractivity contribution in [2.75, 3.05) is 26.4 Å². The average Bonchev–Trinajstić information content (AvgIpc) is 3.12. The second kappa shape index (κ2) is 9.15. The van der Waals surface area contributed by atoms with Crippen LogP contribution in [0.2, 0.25) is 0 Å². The van der Waals surface area contributed by atoms with Gasteiger partial charge in [-0.15, -0.1) is 0 Å². The number of aryl methyl sites for hydroxylation is 1. The molecule has 0 aliphatic carbocycles. The van der Waals surface area contributed by atoms with E-state index in [1.165, 1.54) is 0 Å². The van der Waals surface area contributed by atoms with Crippen LogP contribution in [-0.2, 0) is 16.5 Å². The molecule has 0 amide bonds. The number of aromatic carboxylic acids is 1. The summed E-state index contributed by atoms with van der Waals surface area (Å²) in [5.74, 6) is 0.417. The normalized spacial score (nSPS) is 14.7. The highest BCUT2D eigenvalue weighted by Gasteiger charge is 2.16. The molecule has 8 nitrogen and oxygen atoms in total. The van der Waals surface area contributed by atoms with Gasteiger partial charge in [-0.2, -0.15) is 5.10 Å². The van der Waals surface area contributed by atoms with Crippen LogP contribution in [0.5, 0.6) is 17.2 Å². The van der Waals surface area contributed by atoms with E-state index in [4.69, 9.17) is 18.9 Å². The van der Waals surface area contributed by atoms with Crippen LogP contribution < -0.4 is 9.47 Å². The van der Waals surface area contributed by atoms with E-state index in [0.29, 0.717) is 24.7 Å². The quantitative estimate of drug-likeness (QED) is 0.565. The van der Waals surface area contributed by atoms with Crippen molar-refractivity contribution in [3.63, 3.8) is 0 Å². The number of benzene rings is 2. The molecule has 4 rings (SSSR count).